The van der Waals surface area contributed by atoms with Crippen LogP contribution in [0.25, 0.3) is 0 Å². The van der Waals surface area contributed by atoms with Crippen LogP contribution in [0.15, 0.2) is 35.4 Å². The average molecular weight is 413 g/mol. The van der Waals surface area contributed by atoms with Crippen LogP contribution in [0.1, 0.15) is 84.3 Å². The van der Waals surface area contributed by atoms with Crippen molar-refractivity contribution in [2.45, 2.75) is 104 Å². The van der Waals surface area contributed by atoms with Crippen molar-refractivity contribution in [3.05, 3.63) is 46.6 Å². The van der Waals surface area contributed by atoms with E-state index in [2.05, 4.69) is 72.0 Å². The van der Waals surface area contributed by atoms with Gasteiger partial charge in [-0.05, 0) is 55.8 Å². The SMILES string of the molecule is CCCCCc1cc(CCCCC)c(OC)c([Si](C)(C)C2(C)C=CC(C)=C2C)c1. The second-order valence-corrected chi connectivity index (χ2v) is 14.5. The van der Waals surface area contributed by atoms with Crippen molar-refractivity contribution in [2.24, 2.45) is 0 Å². The summed E-state index contributed by atoms with van der Waals surface area (Å²) in [5.41, 5.74) is 5.94. The van der Waals surface area contributed by atoms with Crippen LogP contribution in [0.4, 0.5) is 0 Å². The van der Waals surface area contributed by atoms with E-state index in [1.54, 1.807) is 5.57 Å². The molecular weight excluding hydrogens is 368 g/mol. The summed E-state index contributed by atoms with van der Waals surface area (Å²) in [5, 5.41) is 1.66. The summed E-state index contributed by atoms with van der Waals surface area (Å²) in [5.74, 6) is 1.18. The highest BCUT2D eigenvalue weighted by molar-refractivity contribution is 6.94. The lowest BCUT2D eigenvalue weighted by atomic mass is 10.00. The third kappa shape index (κ3) is 4.90. The van der Waals surface area contributed by atoms with Crippen molar-refractivity contribution < 1.29 is 4.74 Å². The maximum atomic E-state index is 6.14. The molecule has 0 N–H and O–H groups in total. The van der Waals surface area contributed by atoms with Gasteiger partial charge in [-0.1, -0.05) is 95.0 Å². The van der Waals surface area contributed by atoms with E-state index in [1.165, 1.54) is 72.6 Å². The van der Waals surface area contributed by atoms with Crippen molar-refractivity contribution in [3.63, 3.8) is 0 Å². The fraction of sp³-hybridized carbons (Fsp3) is 0.630. The second kappa shape index (κ2) is 10.2. The molecule has 1 aliphatic carbocycles. The van der Waals surface area contributed by atoms with Crippen LogP contribution >= 0.6 is 0 Å². The summed E-state index contributed by atoms with van der Waals surface area (Å²) in [6, 6.07) is 4.98. The van der Waals surface area contributed by atoms with Crippen molar-refractivity contribution >= 4 is 13.3 Å². The topological polar surface area (TPSA) is 9.23 Å². The summed E-state index contributed by atoms with van der Waals surface area (Å²) in [4.78, 5) is 0. The zero-order valence-corrected chi connectivity index (χ0v) is 21.4. The van der Waals surface area contributed by atoms with Crippen LogP contribution in [0.3, 0.4) is 0 Å². The molecule has 0 fully saturated rings. The third-order valence-corrected chi connectivity index (χ3v) is 12.4. The predicted octanol–water partition coefficient (Wildman–Crippen LogP) is 7.74. The highest BCUT2D eigenvalue weighted by atomic mass is 28.3. The fourth-order valence-electron chi connectivity index (χ4n) is 4.84. The molecule has 0 amide bonds. The maximum Gasteiger partial charge on any atom is 0.121 e. The van der Waals surface area contributed by atoms with E-state index in [0.29, 0.717) is 0 Å². The van der Waals surface area contributed by atoms with Crippen LogP contribution in [0, 0.1) is 0 Å². The monoisotopic (exact) mass is 412 g/mol. The molecule has 0 saturated heterocycles. The van der Waals surface area contributed by atoms with Gasteiger partial charge in [0.1, 0.15) is 5.75 Å². The Bertz CT molecular complexity index is 756. The van der Waals surface area contributed by atoms with E-state index in [4.69, 9.17) is 4.74 Å². The van der Waals surface area contributed by atoms with Crippen LogP contribution < -0.4 is 9.92 Å². The second-order valence-electron chi connectivity index (χ2n) is 9.72. The molecule has 1 unspecified atom stereocenters. The summed E-state index contributed by atoms with van der Waals surface area (Å²) in [6.45, 7) is 16.7. The molecule has 0 radical (unpaired) electrons. The molecule has 162 valence electrons. The summed E-state index contributed by atoms with van der Waals surface area (Å²) in [7, 11) is 0.0106. The molecule has 1 aliphatic rings. The number of rotatable bonds is 11. The zero-order chi connectivity index (χ0) is 21.7. The smallest absolute Gasteiger partial charge is 0.121 e. The summed E-state index contributed by atoms with van der Waals surface area (Å²) < 4.78 is 6.14. The molecular formula is C27H44OSi. The number of hydrogen-bond donors (Lipinski definition) is 0. The minimum Gasteiger partial charge on any atom is -0.497 e. The molecule has 0 spiro atoms. The predicted molar refractivity (Wildman–Crippen MR) is 132 cm³/mol. The lowest BCUT2D eigenvalue weighted by Crippen LogP contribution is -2.52. The third-order valence-electron chi connectivity index (χ3n) is 7.56. The van der Waals surface area contributed by atoms with E-state index in [0.717, 1.165) is 6.42 Å². The van der Waals surface area contributed by atoms with E-state index < -0.39 is 8.07 Å². The molecule has 0 heterocycles. The van der Waals surface area contributed by atoms with Gasteiger partial charge in [-0.2, -0.15) is 0 Å². The number of benzene rings is 1. The Morgan fingerprint density at radius 1 is 0.931 bits per heavy atom. The lowest BCUT2D eigenvalue weighted by Gasteiger charge is -2.42. The van der Waals surface area contributed by atoms with E-state index in [-0.39, 0.29) is 5.04 Å². The van der Waals surface area contributed by atoms with E-state index >= 15 is 0 Å². The maximum absolute atomic E-state index is 6.14. The number of unbranched alkanes of at least 4 members (excludes halogenated alkanes) is 4. The van der Waals surface area contributed by atoms with Crippen molar-refractivity contribution in [1.29, 1.82) is 0 Å². The number of aryl methyl sites for hydroxylation is 2. The Hall–Kier alpha value is -1.28. The number of allylic oxidation sites excluding steroid dienone is 4. The average Bonchev–Trinajstić information content (AvgIpc) is 2.97. The Labute approximate surface area is 181 Å². The highest BCUT2D eigenvalue weighted by Crippen LogP contribution is 2.51. The van der Waals surface area contributed by atoms with Gasteiger partial charge in [0.05, 0.1) is 15.2 Å². The Balaban J connectivity index is 2.56. The Kier molecular flexibility index (Phi) is 8.40. The summed E-state index contributed by atoms with van der Waals surface area (Å²) in [6.07, 6.45) is 14.8. The van der Waals surface area contributed by atoms with Crippen LogP contribution in [-0.4, -0.2) is 15.2 Å². The van der Waals surface area contributed by atoms with Crippen molar-refractivity contribution in [2.75, 3.05) is 7.11 Å². The van der Waals surface area contributed by atoms with E-state index in [1.807, 2.05) is 7.11 Å². The molecule has 0 bridgehead atoms. The lowest BCUT2D eigenvalue weighted by molar-refractivity contribution is 0.411. The minimum atomic E-state index is -1.87. The fourth-order valence-corrected chi connectivity index (χ4v) is 8.41. The van der Waals surface area contributed by atoms with Crippen LogP contribution in [-0.2, 0) is 12.8 Å². The molecule has 2 rings (SSSR count). The first kappa shape index (κ1) is 24.0. The normalized spacial score (nSPS) is 19.3. The molecule has 0 saturated carbocycles. The quantitative estimate of drug-likeness (QED) is 0.267. The molecule has 29 heavy (non-hydrogen) atoms. The first-order chi connectivity index (χ1) is 13.7. The number of methoxy groups -OCH3 is 1. The first-order valence-electron chi connectivity index (χ1n) is 11.8. The van der Waals surface area contributed by atoms with Gasteiger partial charge in [0.25, 0.3) is 0 Å². The molecule has 2 heteroatoms. The zero-order valence-electron chi connectivity index (χ0n) is 20.4. The number of ether oxygens (including phenoxy) is 1. The molecule has 1 nitrogen and oxygen atoms in total. The van der Waals surface area contributed by atoms with Gasteiger partial charge in [-0.15, -0.1) is 0 Å². The standard InChI is InChI=1S/C27H44OSi/c1-9-11-13-15-23-19-24(16-14-12-10-2)26(28-6)25(20-23)29(7,8)27(5)18-17-21(3)22(27)4/h17-20H,9-16H2,1-8H3. The van der Waals surface area contributed by atoms with Gasteiger partial charge in [0, 0.05) is 5.04 Å². The van der Waals surface area contributed by atoms with Gasteiger partial charge in [-0.3, -0.25) is 0 Å². The Morgan fingerprint density at radius 2 is 1.55 bits per heavy atom. The van der Waals surface area contributed by atoms with Gasteiger partial charge >= 0.3 is 0 Å². The largest absolute Gasteiger partial charge is 0.497 e. The minimum absolute atomic E-state index is 0.146. The van der Waals surface area contributed by atoms with Crippen molar-refractivity contribution in [1.82, 2.24) is 0 Å². The highest BCUT2D eigenvalue weighted by Gasteiger charge is 2.47. The molecule has 0 aromatic heterocycles. The molecule has 1 atom stereocenters. The van der Waals surface area contributed by atoms with Gasteiger partial charge < -0.3 is 4.74 Å². The van der Waals surface area contributed by atoms with Gasteiger partial charge in [0.15, 0.2) is 0 Å². The van der Waals surface area contributed by atoms with Gasteiger partial charge in [0.2, 0.25) is 0 Å². The summed E-state index contributed by atoms with van der Waals surface area (Å²) >= 11 is 0. The van der Waals surface area contributed by atoms with Crippen LogP contribution in [0.5, 0.6) is 5.75 Å². The van der Waals surface area contributed by atoms with Crippen LogP contribution in [0.2, 0.25) is 18.1 Å². The molecule has 0 aliphatic heterocycles. The number of hydrogen-bond acceptors (Lipinski definition) is 1. The first-order valence-corrected chi connectivity index (χ1v) is 14.8. The van der Waals surface area contributed by atoms with Crippen molar-refractivity contribution in [3.8, 4) is 5.75 Å². The molecule has 1 aromatic carbocycles. The van der Waals surface area contributed by atoms with E-state index in [9.17, 15) is 0 Å². The van der Waals surface area contributed by atoms with Gasteiger partial charge in [-0.25, -0.2) is 0 Å². The Morgan fingerprint density at radius 3 is 2.07 bits per heavy atom. The molecule has 1 aromatic rings.